The predicted octanol–water partition coefficient (Wildman–Crippen LogP) is 3.71. The van der Waals surface area contributed by atoms with Gasteiger partial charge in [0.15, 0.2) is 0 Å². The SMILES string of the molecule is Cc1cc(/C=C(/C#N)C(=O)NCc2ccccc2)c(C)n1-c1ccccn1. The van der Waals surface area contributed by atoms with E-state index in [0.717, 1.165) is 28.3 Å². The third-order valence-corrected chi connectivity index (χ3v) is 4.31. The maximum absolute atomic E-state index is 12.4. The second-order valence-electron chi connectivity index (χ2n) is 6.19. The standard InChI is InChI=1S/C22H20N4O/c1-16-12-19(17(2)26(16)21-10-6-7-11-24-21)13-20(14-23)22(27)25-15-18-8-4-3-5-9-18/h3-13H,15H2,1-2H3,(H,25,27)/b20-13-. The summed E-state index contributed by atoms with van der Waals surface area (Å²) in [6.07, 6.45) is 3.36. The van der Waals surface area contributed by atoms with Crippen molar-refractivity contribution in [1.82, 2.24) is 14.9 Å². The van der Waals surface area contributed by atoms with Crippen LogP contribution >= 0.6 is 0 Å². The molecule has 0 saturated carbocycles. The second-order valence-corrected chi connectivity index (χ2v) is 6.19. The number of nitrogens with zero attached hydrogens (tertiary/aromatic N) is 3. The van der Waals surface area contributed by atoms with E-state index in [0.29, 0.717) is 6.54 Å². The number of nitrogens with one attached hydrogen (secondary N) is 1. The van der Waals surface area contributed by atoms with Crippen molar-refractivity contribution in [1.29, 1.82) is 5.26 Å². The van der Waals surface area contributed by atoms with Gasteiger partial charge in [-0.05, 0) is 49.2 Å². The van der Waals surface area contributed by atoms with Gasteiger partial charge in [0.05, 0.1) is 0 Å². The zero-order chi connectivity index (χ0) is 19.2. The minimum atomic E-state index is -0.385. The lowest BCUT2D eigenvalue weighted by Gasteiger charge is -2.08. The van der Waals surface area contributed by atoms with E-state index in [9.17, 15) is 10.1 Å². The number of nitriles is 1. The Bertz CT molecular complexity index is 1010. The lowest BCUT2D eigenvalue weighted by molar-refractivity contribution is -0.117. The summed E-state index contributed by atoms with van der Waals surface area (Å²) in [6.45, 7) is 4.30. The number of aromatic nitrogens is 2. The van der Waals surface area contributed by atoms with Gasteiger partial charge in [-0.2, -0.15) is 5.26 Å². The molecular formula is C22H20N4O. The molecule has 0 saturated heterocycles. The molecule has 2 heterocycles. The number of rotatable bonds is 5. The van der Waals surface area contributed by atoms with Crippen LogP contribution in [-0.4, -0.2) is 15.5 Å². The van der Waals surface area contributed by atoms with Crippen molar-refractivity contribution in [3.05, 3.63) is 88.9 Å². The Kier molecular flexibility index (Phi) is 5.48. The Morgan fingerprint density at radius 3 is 2.59 bits per heavy atom. The number of carbonyl (C=O) groups is 1. The average molecular weight is 356 g/mol. The van der Waals surface area contributed by atoms with Gasteiger partial charge in [-0.3, -0.25) is 4.79 Å². The summed E-state index contributed by atoms with van der Waals surface area (Å²) >= 11 is 0. The van der Waals surface area contributed by atoms with E-state index in [-0.39, 0.29) is 11.5 Å². The van der Waals surface area contributed by atoms with E-state index in [1.54, 1.807) is 12.3 Å². The number of hydrogen-bond acceptors (Lipinski definition) is 3. The molecule has 5 heteroatoms. The summed E-state index contributed by atoms with van der Waals surface area (Å²) < 4.78 is 2.00. The van der Waals surface area contributed by atoms with E-state index in [1.165, 1.54) is 0 Å². The topological polar surface area (TPSA) is 70.7 Å². The number of aryl methyl sites for hydroxylation is 1. The molecule has 27 heavy (non-hydrogen) atoms. The zero-order valence-corrected chi connectivity index (χ0v) is 15.3. The molecule has 1 aromatic carbocycles. The number of pyridine rings is 1. The van der Waals surface area contributed by atoms with Crippen molar-refractivity contribution in [2.24, 2.45) is 0 Å². The van der Waals surface area contributed by atoms with E-state index in [2.05, 4.69) is 10.3 Å². The summed E-state index contributed by atoms with van der Waals surface area (Å²) in [5.74, 6) is 0.420. The molecule has 5 nitrogen and oxygen atoms in total. The van der Waals surface area contributed by atoms with Crippen molar-refractivity contribution in [2.45, 2.75) is 20.4 Å². The highest BCUT2D eigenvalue weighted by atomic mass is 16.1. The Hall–Kier alpha value is -3.65. The lowest BCUT2D eigenvalue weighted by atomic mass is 10.1. The molecule has 0 bridgehead atoms. The van der Waals surface area contributed by atoms with E-state index in [4.69, 9.17) is 0 Å². The first-order chi connectivity index (χ1) is 13.1. The summed E-state index contributed by atoms with van der Waals surface area (Å²) in [4.78, 5) is 16.8. The van der Waals surface area contributed by atoms with E-state index >= 15 is 0 Å². The molecule has 0 fully saturated rings. The van der Waals surface area contributed by atoms with Crippen molar-refractivity contribution in [2.75, 3.05) is 0 Å². The Labute approximate surface area is 158 Å². The van der Waals surface area contributed by atoms with Crippen molar-refractivity contribution in [3.8, 4) is 11.9 Å². The molecule has 3 aromatic rings. The minimum absolute atomic E-state index is 0.0761. The van der Waals surface area contributed by atoms with Gasteiger partial charge in [0.25, 0.3) is 5.91 Å². The normalized spacial score (nSPS) is 11.1. The maximum Gasteiger partial charge on any atom is 0.262 e. The first-order valence-corrected chi connectivity index (χ1v) is 8.64. The fourth-order valence-corrected chi connectivity index (χ4v) is 2.95. The summed E-state index contributed by atoms with van der Waals surface area (Å²) in [6, 6.07) is 19.3. The molecular weight excluding hydrogens is 336 g/mol. The molecule has 1 N–H and O–H groups in total. The summed E-state index contributed by atoms with van der Waals surface area (Å²) in [5.41, 5.74) is 3.79. The Morgan fingerprint density at radius 1 is 1.19 bits per heavy atom. The largest absolute Gasteiger partial charge is 0.347 e. The third kappa shape index (κ3) is 4.13. The first kappa shape index (κ1) is 18.2. The van der Waals surface area contributed by atoms with Crippen LogP contribution in [0.4, 0.5) is 0 Å². The Balaban J connectivity index is 1.84. The van der Waals surface area contributed by atoms with Crippen LogP contribution in [0.25, 0.3) is 11.9 Å². The van der Waals surface area contributed by atoms with Gasteiger partial charge in [0.1, 0.15) is 17.5 Å². The smallest absolute Gasteiger partial charge is 0.262 e. The van der Waals surface area contributed by atoms with Gasteiger partial charge in [-0.15, -0.1) is 0 Å². The minimum Gasteiger partial charge on any atom is -0.347 e. The number of amides is 1. The highest BCUT2D eigenvalue weighted by Gasteiger charge is 2.14. The fraction of sp³-hybridized carbons (Fsp3) is 0.136. The van der Waals surface area contributed by atoms with E-state index in [1.807, 2.05) is 79.1 Å². The highest BCUT2D eigenvalue weighted by molar-refractivity contribution is 6.01. The second kappa shape index (κ2) is 8.15. The van der Waals surface area contributed by atoms with Gasteiger partial charge in [0.2, 0.25) is 0 Å². The molecule has 0 spiro atoms. The van der Waals surface area contributed by atoms with Crippen LogP contribution in [0.2, 0.25) is 0 Å². The predicted molar refractivity (Wildman–Crippen MR) is 105 cm³/mol. The molecule has 2 aromatic heterocycles. The number of benzene rings is 1. The van der Waals surface area contributed by atoms with Crippen LogP contribution in [-0.2, 0) is 11.3 Å². The molecule has 0 unspecified atom stereocenters. The van der Waals surface area contributed by atoms with Gasteiger partial charge in [-0.25, -0.2) is 4.98 Å². The Morgan fingerprint density at radius 2 is 1.93 bits per heavy atom. The zero-order valence-electron chi connectivity index (χ0n) is 15.3. The molecule has 0 aliphatic heterocycles. The van der Waals surface area contributed by atoms with Crippen LogP contribution in [0.15, 0.2) is 66.4 Å². The van der Waals surface area contributed by atoms with Gasteiger partial charge < -0.3 is 9.88 Å². The van der Waals surface area contributed by atoms with Gasteiger partial charge in [-0.1, -0.05) is 36.4 Å². The molecule has 3 rings (SSSR count). The van der Waals surface area contributed by atoms with Crippen LogP contribution < -0.4 is 5.32 Å². The van der Waals surface area contributed by atoms with Crippen molar-refractivity contribution < 1.29 is 4.79 Å². The molecule has 134 valence electrons. The number of hydrogen-bond donors (Lipinski definition) is 1. The van der Waals surface area contributed by atoms with Gasteiger partial charge >= 0.3 is 0 Å². The summed E-state index contributed by atoms with van der Waals surface area (Å²) in [5, 5.41) is 12.2. The molecule has 0 aliphatic rings. The van der Waals surface area contributed by atoms with Crippen LogP contribution in [0.3, 0.4) is 0 Å². The number of carbonyl (C=O) groups excluding carboxylic acids is 1. The monoisotopic (exact) mass is 356 g/mol. The summed E-state index contributed by atoms with van der Waals surface area (Å²) in [7, 11) is 0. The van der Waals surface area contributed by atoms with Gasteiger partial charge in [0, 0.05) is 24.1 Å². The fourth-order valence-electron chi connectivity index (χ4n) is 2.95. The first-order valence-electron chi connectivity index (χ1n) is 8.64. The van der Waals surface area contributed by atoms with Crippen LogP contribution in [0, 0.1) is 25.2 Å². The molecule has 0 aliphatic carbocycles. The van der Waals surface area contributed by atoms with Crippen LogP contribution in [0.5, 0.6) is 0 Å². The highest BCUT2D eigenvalue weighted by Crippen LogP contribution is 2.21. The maximum atomic E-state index is 12.4. The molecule has 1 amide bonds. The third-order valence-electron chi connectivity index (χ3n) is 4.31. The quantitative estimate of drug-likeness (QED) is 0.559. The van der Waals surface area contributed by atoms with Crippen LogP contribution in [0.1, 0.15) is 22.5 Å². The average Bonchev–Trinajstić information content (AvgIpc) is 2.98. The van der Waals surface area contributed by atoms with Crippen molar-refractivity contribution in [3.63, 3.8) is 0 Å². The molecule has 0 radical (unpaired) electrons. The van der Waals surface area contributed by atoms with Crippen molar-refractivity contribution >= 4 is 12.0 Å². The van der Waals surface area contributed by atoms with E-state index < -0.39 is 0 Å². The lowest BCUT2D eigenvalue weighted by Crippen LogP contribution is -2.23. The molecule has 0 atom stereocenters.